The summed E-state index contributed by atoms with van der Waals surface area (Å²) in [4.78, 5) is 28.1. The molecular formula is C13H19N3O2S. The zero-order valence-electron chi connectivity index (χ0n) is 11.3. The highest BCUT2D eigenvalue weighted by atomic mass is 32.1. The predicted molar refractivity (Wildman–Crippen MR) is 75.3 cm³/mol. The molecule has 1 N–H and O–H groups in total. The summed E-state index contributed by atoms with van der Waals surface area (Å²) < 4.78 is 0. The summed E-state index contributed by atoms with van der Waals surface area (Å²) >= 11 is 1.51. The molecule has 0 unspecified atom stereocenters. The molecule has 19 heavy (non-hydrogen) atoms. The van der Waals surface area contributed by atoms with Crippen molar-refractivity contribution in [1.82, 2.24) is 15.1 Å². The van der Waals surface area contributed by atoms with E-state index < -0.39 is 0 Å². The molecule has 5 nitrogen and oxygen atoms in total. The first-order chi connectivity index (χ1) is 9.11. The van der Waals surface area contributed by atoms with Gasteiger partial charge in [0.2, 0.25) is 5.91 Å². The monoisotopic (exact) mass is 281 g/mol. The summed E-state index contributed by atoms with van der Waals surface area (Å²) in [7, 11) is 3.62. The Morgan fingerprint density at radius 3 is 2.79 bits per heavy atom. The highest BCUT2D eigenvalue weighted by Crippen LogP contribution is 2.14. The lowest BCUT2D eigenvalue weighted by Crippen LogP contribution is -2.41. The van der Waals surface area contributed by atoms with Crippen LogP contribution < -0.4 is 5.32 Å². The van der Waals surface area contributed by atoms with Crippen LogP contribution in [0.5, 0.6) is 0 Å². The van der Waals surface area contributed by atoms with Gasteiger partial charge in [-0.05, 0) is 18.5 Å². The van der Waals surface area contributed by atoms with Crippen LogP contribution in [0.15, 0.2) is 16.8 Å². The zero-order valence-corrected chi connectivity index (χ0v) is 12.1. The fraction of sp³-hybridized carbons (Fsp3) is 0.538. The second kappa shape index (κ2) is 6.16. The third-order valence-corrected chi connectivity index (χ3v) is 4.08. The molecule has 0 bridgehead atoms. The normalized spacial score (nSPS) is 20.9. The predicted octanol–water partition coefficient (Wildman–Crippen LogP) is 0.498. The highest BCUT2D eigenvalue weighted by molar-refractivity contribution is 7.08. The second-order valence-corrected chi connectivity index (χ2v) is 5.62. The first-order valence-corrected chi connectivity index (χ1v) is 7.27. The Hall–Kier alpha value is -1.40. The van der Waals surface area contributed by atoms with E-state index in [-0.39, 0.29) is 17.7 Å². The Kier molecular flexibility index (Phi) is 4.55. The lowest BCUT2D eigenvalue weighted by atomic mass is 10.1. The van der Waals surface area contributed by atoms with Gasteiger partial charge >= 0.3 is 0 Å². The van der Waals surface area contributed by atoms with Crippen molar-refractivity contribution in [3.05, 3.63) is 22.4 Å². The number of thiophene rings is 1. The van der Waals surface area contributed by atoms with Gasteiger partial charge in [0.25, 0.3) is 5.91 Å². The zero-order chi connectivity index (χ0) is 13.8. The van der Waals surface area contributed by atoms with E-state index >= 15 is 0 Å². The van der Waals surface area contributed by atoms with Gasteiger partial charge in [-0.15, -0.1) is 0 Å². The van der Waals surface area contributed by atoms with Crippen molar-refractivity contribution in [3.8, 4) is 0 Å². The average Bonchev–Trinajstić information content (AvgIpc) is 2.87. The standard InChI is InChI=1S/C13H19N3O2S/c1-14-12(17)11-7-15(2)4-5-16(8-11)13(18)10-3-6-19-9-10/h3,6,9,11H,4-5,7-8H2,1-2H3,(H,14,17)/t11-/m0/s1. The van der Waals surface area contributed by atoms with Crippen molar-refractivity contribution in [2.24, 2.45) is 5.92 Å². The topological polar surface area (TPSA) is 52.7 Å². The van der Waals surface area contributed by atoms with E-state index in [1.165, 1.54) is 11.3 Å². The number of hydrogen-bond donors (Lipinski definition) is 1. The number of amides is 2. The quantitative estimate of drug-likeness (QED) is 0.859. The van der Waals surface area contributed by atoms with Gasteiger partial charge in [0.1, 0.15) is 0 Å². The maximum atomic E-state index is 12.4. The molecule has 6 heteroatoms. The molecule has 1 aliphatic heterocycles. The molecule has 2 amide bonds. The number of rotatable bonds is 2. The number of nitrogens with zero attached hydrogens (tertiary/aromatic N) is 2. The SMILES string of the molecule is CNC(=O)[C@H]1CN(C)CCN(C(=O)c2ccsc2)C1. The summed E-state index contributed by atoms with van der Waals surface area (Å²) in [6.45, 7) is 2.63. The molecule has 0 saturated carbocycles. The van der Waals surface area contributed by atoms with E-state index in [1.54, 1.807) is 11.9 Å². The van der Waals surface area contributed by atoms with Gasteiger partial charge in [-0.3, -0.25) is 9.59 Å². The van der Waals surface area contributed by atoms with Crippen LogP contribution in [-0.2, 0) is 4.79 Å². The minimum Gasteiger partial charge on any atom is -0.359 e. The van der Waals surface area contributed by atoms with Crippen molar-refractivity contribution in [2.45, 2.75) is 0 Å². The van der Waals surface area contributed by atoms with Crippen LogP contribution in [0.1, 0.15) is 10.4 Å². The first-order valence-electron chi connectivity index (χ1n) is 6.33. The highest BCUT2D eigenvalue weighted by Gasteiger charge is 2.28. The number of carbonyl (C=O) groups excluding carboxylic acids is 2. The van der Waals surface area contributed by atoms with Crippen LogP contribution in [0, 0.1) is 5.92 Å². The van der Waals surface area contributed by atoms with E-state index in [4.69, 9.17) is 0 Å². The van der Waals surface area contributed by atoms with Crippen LogP contribution >= 0.6 is 11.3 Å². The van der Waals surface area contributed by atoms with E-state index in [2.05, 4.69) is 10.2 Å². The molecule has 1 atom stereocenters. The van der Waals surface area contributed by atoms with E-state index in [1.807, 2.05) is 23.9 Å². The van der Waals surface area contributed by atoms with Crippen LogP contribution in [0.2, 0.25) is 0 Å². The summed E-state index contributed by atoms with van der Waals surface area (Å²) in [6.07, 6.45) is 0. The van der Waals surface area contributed by atoms with Gasteiger partial charge in [0.05, 0.1) is 11.5 Å². The van der Waals surface area contributed by atoms with Gasteiger partial charge in [0, 0.05) is 38.6 Å². The van der Waals surface area contributed by atoms with Gasteiger partial charge in [-0.1, -0.05) is 0 Å². The van der Waals surface area contributed by atoms with Gasteiger partial charge in [-0.25, -0.2) is 0 Å². The molecule has 104 valence electrons. The number of nitrogens with one attached hydrogen (secondary N) is 1. The third kappa shape index (κ3) is 3.33. The van der Waals surface area contributed by atoms with Gasteiger partial charge < -0.3 is 15.1 Å². The van der Waals surface area contributed by atoms with Crippen LogP contribution in [0.25, 0.3) is 0 Å². The Balaban J connectivity index is 2.12. The summed E-state index contributed by atoms with van der Waals surface area (Å²) in [5, 5.41) is 6.43. The van der Waals surface area contributed by atoms with Gasteiger partial charge in [0.15, 0.2) is 0 Å². The van der Waals surface area contributed by atoms with Crippen LogP contribution in [0.4, 0.5) is 0 Å². The molecule has 2 heterocycles. The first kappa shape index (κ1) is 14.0. The van der Waals surface area contributed by atoms with Crippen LogP contribution in [0.3, 0.4) is 0 Å². The van der Waals surface area contributed by atoms with Crippen molar-refractivity contribution < 1.29 is 9.59 Å². The Morgan fingerprint density at radius 2 is 2.16 bits per heavy atom. The molecule has 2 rings (SSSR count). The summed E-state index contributed by atoms with van der Waals surface area (Å²) in [5.74, 6) is -0.151. The molecule has 1 aromatic heterocycles. The maximum Gasteiger partial charge on any atom is 0.254 e. The fourth-order valence-corrected chi connectivity index (χ4v) is 2.93. The molecule has 1 fully saturated rings. The second-order valence-electron chi connectivity index (χ2n) is 4.84. The lowest BCUT2D eigenvalue weighted by Gasteiger charge is -2.22. The third-order valence-electron chi connectivity index (χ3n) is 3.40. The summed E-state index contributed by atoms with van der Waals surface area (Å²) in [5.41, 5.74) is 0.713. The molecule has 1 aromatic rings. The lowest BCUT2D eigenvalue weighted by molar-refractivity contribution is -0.125. The average molecular weight is 281 g/mol. The van der Waals surface area contributed by atoms with E-state index in [0.717, 1.165) is 6.54 Å². The van der Waals surface area contributed by atoms with E-state index in [0.29, 0.717) is 25.2 Å². The van der Waals surface area contributed by atoms with Crippen molar-refractivity contribution in [1.29, 1.82) is 0 Å². The Bertz CT molecular complexity index is 447. The molecular weight excluding hydrogens is 262 g/mol. The minimum absolute atomic E-state index is 0.00290. The maximum absolute atomic E-state index is 12.4. The van der Waals surface area contributed by atoms with Crippen molar-refractivity contribution in [3.63, 3.8) is 0 Å². The van der Waals surface area contributed by atoms with Crippen molar-refractivity contribution >= 4 is 23.2 Å². The number of hydrogen-bond acceptors (Lipinski definition) is 4. The molecule has 0 aromatic carbocycles. The van der Waals surface area contributed by atoms with Gasteiger partial charge in [-0.2, -0.15) is 11.3 Å². The largest absolute Gasteiger partial charge is 0.359 e. The number of carbonyl (C=O) groups is 2. The fourth-order valence-electron chi connectivity index (χ4n) is 2.30. The molecule has 1 saturated heterocycles. The van der Waals surface area contributed by atoms with Crippen LogP contribution in [-0.4, -0.2) is 61.9 Å². The van der Waals surface area contributed by atoms with Crippen molar-refractivity contribution in [2.75, 3.05) is 40.3 Å². The molecule has 1 aliphatic rings. The van der Waals surface area contributed by atoms with E-state index in [9.17, 15) is 9.59 Å². The number of likely N-dealkylation sites (N-methyl/N-ethyl adjacent to an activating group) is 1. The Labute approximate surface area is 117 Å². The molecule has 0 spiro atoms. The molecule has 0 aliphatic carbocycles. The summed E-state index contributed by atoms with van der Waals surface area (Å²) in [6, 6.07) is 1.83. The Morgan fingerprint density at radius 1 is 1.37 bits per heavy atom. The minimum atomic E-state index is -0.167. The molecule has 0 radical (unpaired) electrons. The smallest absolute Gasteiger partial charge is 0.254 e.